The summed E-state index contributed by atoms with van der Waals surface area (Å²) in [7, 11) is 0. The molecule has 0 fully saturated rings. The van der Waals surface area contributed by atoms with E-state index in [0.29, 0.717) is 17.5 Å². The summed E-state index contributed by atoms with van der Waals surface area (Å²) >= 11 is 0. The molecule has 0 unspecified atom stereocenters. The van der Waals surface area contributed by atoms with Crippen molar-refractivity contribution in [2.45, 2.75) is 0 Å². The van der Waals surface area contributed by atoms with Crippen molar-refractivity contribution in [3.05, 3.63) is 522 Å². The maximum absolute atomic E-state index is 5.40. The van der Waals surface area contributed by atoms with Crippen molar-refractivity contribution in [3.63, 3.8) is 0 Å². The van der Waals surface area contributed by atoms with Crippen LogP contribution in [0.5, 0.6) is 0 Å². The fraction of sp³-hybridized carbons (Fsp3) is 0. The van der Waals surface area contributed by atoms with E-state index in [-0.39, 0.29) is 0 Å². The Labute approximate surface area is 825 Å². The quantitative estimate of drug-likeness (QED) is 0.0950. The van der Waals surface area contributed by atoms with Gasteiger partial charge in [-0.25, -0.2) is 19.9 Å². The summed E-state index contributed by atoms with van der Waals surface area (Å²) in [6.07, 6.45) is 1.86. The van der Waals surface area contributed by atoms with Crippen molar-refractivity contribution < 1.29 is 0 Å². The van der Waals surface area contributed by atoms with E-state index >= 15 is 0 Å². The number of para-hydroxylation sites is 2. The summed E-state index contributed by atoms with van der Waals surface area (Å²) < 4.78 is 0. The third kappa shape index (κ3) is 14.6. The molecule has 29 aromatic rings. The molecule has 3 aromatic heterocycles. The molecule has 0 spiro atoms. The first kappa shape index (κ1) is 83.4. The molecule has 29 rings (SSSR count). The molecule has 0 radical (unpaired) electrons. The Bertz CT molecular complexity index is 10000. The van der Waals surface area contributed by atoms with Gasteiger partial charge in [0.2, 0.25) is 0 Å². The number of aromatic nitrogens is 5. The van der Waals surface area contributed by atoms with Crippen LogP contribution in [0.1, 0.15) is 0 Å². The van der Waals surface area contributed by atoms with Crippen molar-refractivity contribution >= 4 is 190 Å². The number of rotatable bonds is 11. The first-order valence-electron chi connectivity index (χ1n) is 48.9. The molecule has 0 atom stereocenters. The van der Waals surface area contributed by atoms with Crippen LogP contribution in [0.15, 0.2) is 522 Å². The largest absolute Gasteiger partial charge is 0.311 e. The van der Waals surface area contributed by atoms with E-state index in [1.54, 1.807) is 0 Å². The molecular formula is C137H86N6. The van der Waals surface area contributed by atoms with Gasteiger partial charge in [-0.15, -0.1) is 0 Å². The van der Waals surface area contributed by atoms with Crippen molar-refractivity contribution in [3.8, 4) is 89.9 Å². The normalized spacial score (nSPS) is 11.6. The molecule has 0 saturated carbocycles. The van der Waals surface area contributed by atoms with Crippen LogP contribution in [0.4, 0.5) is 17.1 Å². The van der Waals surface area contributed by atoms with Crippen LogP contribution in [0.3, 0.4) is 0 Å². The lowest BCUT2D eigenvalue weighted by molar-refractivity contribution is 1.08. The molecule has 26 aromatic carbocycles. The topological polar surface area (TPSA) is 67.7 Å². The van der Waals surface area contributed by atoms with Gasteiger partial charge in [0, 0.05) is 61.7 Å². The Balaban J connectivity index is 0.000000107. The molecule has 664 valence electrons. The van der Waals surface area contributed by atoms with Gasteiger partial charge in [-0.2, -0.15) is 0 Å². The molecular weight excluding hydrogens is 1730 g/mol. The monoisotopic (exact) mass is 1810 g/mol. The molecule has 0 aliphatic rings. The first-order chi connectivity index (χ1) is 70.9. The van der Waals surface area contributed by atoms with Crippen LogP contribution in [-0.4, -0.2) is 24.9 Å². The lowest BCUT2D eigenvalue weighted by Crippen LogP contribution is -2.09. The van der Waals surface area contributed by atoms with Crippen LogP contribution in [0, 0.1) is 0 Å². The Morgan fingerprint density at radius 2 is 0.413 bits per heavy atom. The molecule has 6 heteroatoms. The summed E-state index contributed by atoms with van der Waals surface area (Å²) in [6, 6.07) is 185. The third-order valence-corrected chi connectivity index (χ3v) is 28.9. The number of benzene rings is 26. The van der Waals surface area contributed by atoms with E-state index in [9.17, 15) is 0 Å². The zero-order valence-corrected chi connectivity index (χ0v) is 77.8. The van der Waals surface area contributed by atoms with Crippen molar-refractivity contribution in [2.75, 3.05) is 4.90 Å². The first-order valence-corrected chi connectivity index (χ1v) is 48.9. The number of anilines is 3. The maximum Gasteiger partial charge on any atom is 0.165 e. The van der Waals surface area contributed by atoms with Gasteiger partial charge in [0.15, 0.2) is 17.5 Å². The minimum Gasteiger partial charge on any atom is -0.311 e. The van der Waals surface area contributed by atoms with Crippen LogP contribution < -0.4 is 4.90 Å². The number of hydrogen-bond acceptors (Lipinski definition) is 6. The number of nitrogens with zero attached hydrogens (tertiary/aromatic N) is 6. The van der Waals surface area contributed by atoms with Gasteiger partial charge in [-0.05, 0) is 257 Å². The summed E-state index contributed by atoms with van der Waals surface area (Å²) in [4.78, 5) is 27.9. The highest BCUT2D eigenvalue weighted by Gasteiger charge is 2.27. The van der Waals surface area contributed by atoms with Gasteiger partial charge in [0.1, 0.15) is 0 Å². The number of fused-ring (bicyclic) bond motifs is 22. The lowest BCUT2D eigenvalue weighted by atomic mass is 9.84. The van der Waals surface area contributed by atoms with E-state index < -0.39 is 0 Å². The predicted octanol–water partition coefficient (Wildman–Crippen LogP) is 37.3. The maximum atomic E-state index is 5.40. The Morgan fingerprint density at radius 1 is 0.140 bits per heavy atom. The number of hydrogen-bond donors (Lipinski definition) is 0. The highest BCUT2D eigenvalue weighted by molar-refractivity contribution is 6.31. The van der Waals surface area contributed by atoms with Crippen LogP contribution >= 0.6 is 0 Å². The van der Waals surface area contributed by atoms with Crippen molar-refractivity contribution in [2.24, 2.45) is 0 Å². The van der Waals surface area contributed by atoms with E-state index in [1.807, 2.05) is 48.7 Å². The fourth-order valence-corrected chi connectivity index (χ4v) is 22.4. The lowest BCUT2D eigenvalue weighted by Gasteiger charge is -2.25. The van der Waals surface area contributed by atoms with Crippen molar-refractivity contribution in [1.29, 1.82) is 0 Å². The molecule has 0 aliphatic carbocycles. The second-order valence-corrected chi connectivity index (χ2v) is 37.0. The van der Waals surface area contributed by atoms with Gasteiger partial charge in [-0.3, -0.25) is 4.98 Å². The summed E-state index contributed by atoms with van der Waals surface area (Å²) in [6.45, 7) is 0. The van der Waals surface area contributed by atoms with Crippen LogP contribution in [0.25, 0.3) is 263 Å². The van der Waals surface area contributed by atoms with Crippen molar-refractivity contribution in [1.82, 2.24) is 24.9 Å². The Kier molecular flexibility index (Phi) is 20.5. The molecule has 0 bridgehead atoms. The van der Waals surface area contributed by atoms with Gasteiger partial charge < -0.3 is 4.90 Å². The molecule has 0 amide bonds. The standard InChI is InChI=1S/C47H29N3.C46H31N.C44H26N2/c1-3-15-33(16-4-1)45-48-46(34-17-5-2-6-18-34)50-47(49-45)44-39-22-12-11-21-38(39)42(43-37-20-10-8-14-31(37)27-28-40(43)44)35-26-25-32-24-23-30-13-7-9-19-36(30)41(32)29-35;1-3-14-36(15-4-1)47(37-16-5-2-6-17-37)38-29-27-34(28-30-38)45-40-19-9-11-21-42(40)46(43-22-12-10-20-41(43)45)35-26-25-33-24-23-32-13-7-8-18-39(32)44(33)31-35;1-3-11-33-27(8-1)15-16-29-17-20-32(26-38(29)33)40-35-13-5-6-14-36(35)42(41-34-12-4-2-9-28(34)21-23-37(40)41)39-24-22-31-19-18-30-10-7-25-45-43(30)44(31)46-39/h1-29H;1-31H;1-26H. The molecule has 3 heterocycles. The minimum atomic E-state index is 0.651. The van der Waals surface area contributed by atoms with Crippen LogP contribution in [-0.2, 0) is 0 Å². The second kappa shape index (κ2) is 35.2. The summed E-state index contributed by atoms with van der Waals surface area (Å²) in [5, 5.41) is 36.7. The van der Waals surface area contributed by atoms with E-state index in [2.05, 4.69) is 478 Å². The SMILES string of the molecule is c1ccc(-c2nc(-c3ccccc3)nc(-c3c4ccccc4c(-c4ccc5ccc6ccccc6c5c4)c4c3ccc3ccccc34)n2)cc1.c1ccc(N(c2ccccc2)c2ccc(-c3c4ccccc4c(-c4ccc5ccc6ccccc6c5c4)c4ccccc34)cc2)cc1.c1ccc2c(c1)ccc1ccc(-c3c4ccccc4c(-c4ccc5ccc6cccnc6c5n4)c4c3ccc3ccccc34)cc12. The Morgan fingerprint density at radius 3 is 0.853 bits per heavy atom. The van der Waals surface area contributed by atoms with E-state index in [0.717, 1.165) is 83.0 Å². The zero-order valence-electron chi connectivity index (χ0n) is 77.8. The van der Waals surface area contributed by atoms with Gasteiger partial charge in [0.25, 0.3) is 0 Å². The molecule has 0 saturated heterocycles. The van der Waals surface area contributed by atoms with Crippen LogP contribution in [0.2, 0.25) is 0 Å². The summed E-state index contributed by atoms with van der Waals surface area (Å²) in [5.74, 6) is 1.96. The van der Waals surface area contributed by atoms with Gasteiger partial charge in [0.05, 0.1) is 16.7 Å². The Hall–Kier alpha value is -19.0. The average molecular weight is 1820 g/mol. The fourth-order valence-electron chi connectivity index (χ4n) is 22.4. The highest BCUT2D eigenvalue weighted by Crippen LogP contribution is 2.52. The third-order valence-electron chi connectivity index (χ3n) is 28.9. The highest BCUT2D eigenvalue weighted by atomic mass is 15.1. The summed E-state index contributed by atoms with van der Waals surface area (Å²) in [5.41, 5.74) is 20.1. The van der Waals surface area contributed by atoms with Gasteiger partial charge in [-0.1, -0.05) is 449 Å². The second-order valence-electron chi connectivity index (χ2n) is 37.0. The zero-order chi connectivity index (χ0) is 94.4. The average Bonchev–Trinajstić information content (AvgIpc) is 0.714. The molecule has 143 heavy (non-hydrogen) atoms. The smallest absolute Gasteiger partial charge is 0.165 e. The number of pyridine rings is 2. The van der Waals surface area contributed by atoms with E-state index in [1.165, 1.54) is 179 Å². The van der Waals surface area contributed by atoms with E-state index in [4.69, 9.17) is 24.9 Å². The molecule has 0 aliphatic heterocycles. The molecule has 6 nitrogen and oxygen atoms in total. The predicted molar refractivity (Wildman–Crippen MR) is 607 cm³/mol. The molecule has 0 N–H and O–H groups in total. The minimum absolute atomic E-state index is 0.651. The van der Waals surface area contributed by atoms with Gasteiger partial charge >= 0.3 is 0 Å².